The lowest BCUT2D eigenvalue weighted by atomic mass is 9.81. The van der Waals surface area contributed by atoms with Crippen molar-refractivity contribution in [2.45, 2.75) is 69.2 Å². The standard InChI is InChI=1S/C29H34Cl3N3OS/c1-19(27(20-8-10-21(30)11-9-20)35-25-13-12-22(31)16-24(25)32)28(34-3)26(36)7-4-14-29(2,18-33)17-23-6-5-15-37-23/h6,8-13,19,22,24,27H,4-5,7,14-17H2,1-3H3. The van der Waals surface area contributed by atoms with Gasteiger partial charge in [-0.25, -0.2) is 0 Å². The van der Waals surface area contributed by atoms with Gasteiger partial charge in [0.2, 0.25) is 0 Å². The van der Waals surface area contributed by atoms with Gasteiger partial charge in [-0.15, -0.1) is 35.0 Å². The van der Waals surface area contributed by atoms with E-state index in [4.69, 9.17) is 39.8 Å². The molecular weight excluding hydrogens is 545 g/mol. The molecule has 198 valence electrons. The highest BCUT2D eigenvalue weighted by Gasteiger charge is 2.31. The van der Waals surface area contributed by atoms with Crippen molar-refractivity contribution in [3.63, 3.8) is 0 Å². The Morgan fingerprint density at radius 3 is 2.62 bits per heavy atom. The predicted molar refractivity (Wildman–Crippen MR) is 160 cm³/mol. The van der Waals surface area contributed by atoms with Crippen molar-refractivity contribution in [2.75, 3.05) is 12.8 Å². The van der Waals surface area contributed by atoms with E-state index in [-0.39, 0.29) is 28.5 Å². The third-order valence-electron chi connectivity index (χ3n) is 6.90. The van der Waals surface area contributed by atoms with Crippen LogP contribution in [0, 0.1) is 22.7 Å². The van der Waals surface area contributed by atoms with E-state index in [2.05, 4.69) is 17.1 Å². The largest absolute Gasteiger partial charge is 0.293 e. The number of halogens is 3. The molecule has 0 fully saturated rings. The number of hydrogen-bond acceptors (Lipinski definition) is 5. The second kappa shape index (κ2) is 14.0. The van der Waals surface area contributed by atoms with Crippen molar-refractivity contribution >= 4 is 63.8 Å². The number of thioether (sulfide) groups is 1. The average Bonchev–Trinajstić information content (AvgIpc) is 3.37. The van der Waals surface area contributed by atoms with E-state index < -0.39 is 5.41 Å². The highest BCUT2D eigenvalue weighted by atomic mass is 35.5. The fraction of sp³-hybridized carbons (Fsp3) is 0.517. The lowest BCUT2D eigenvalue weighted by molar-refractivity contribution is -0.113. The van der Waals surface area contributed by atoms with Crippen LogP contribution in [-0.2, 0) is 4.79 Å². The third-order valence-corrected chi connectivity index (χ3v) is 9.00. The molecule has 5 unspecified atom stereocenters. The third kappa shape index (κ3) is 8.45. The molecule has 1 aromatic rings. The zero-order valence-corrected chi connectivity index (χ0v) is 24.7. The number of rotatable bonds is 11. The first-order chi connectivity index (χ1) is 17.7. The molecule has 0 amide bonds. The van der Waals surface area contributed by atoms with Gasteiger partial charge in [-0.1, -0.05) is 42.8 Å². The Morgan fingerprint density at radius 1 is 1.30 bits per heavy atom. The monoisotopic (exact) mass is 577 g/mol. The van der Waals surface area contributed by atoms with Crippen LogP contribution in [0.15, 0.2) is 57.4 Å². The van der Waals surface area contributed by atoms with E-state index >= 15 is 0 Å². The first-order valence-electron chi connectivity index (χ1n) is 12.7. The summed E-state index contributed by atoms with van der Waals surface area (Å²) in [6.45, 7) is 3.97. The molecule has 1 aliphatic carbocycles. The van der Waals surface area contributed by atoms with Gasteiger partial charge in [-0.3, -0.25) is 14.8 Å². The summed E-state index contributed by atoms with van der Waals surface area (Å²) in [4.78, 5) is 24.1. The van der Waals surface area contributed by atoms with Gasteiger partial charge in [0.05, 0.1) is 39.7 Å². The number of allylic oxidation sites excluding steroid dienone is 4. The van der Waals surface area contributed by atoms with Crippen molar-refractivity contribution in [3.8, 4) is 6.07 Å². The summed E-state index contributed by atoms with van der Waals surface area (Å²) in [6.07, 6.45) is 10.1. The van der Waals surface area contributed by atoms with Gasteiger partial charge in [-0.05, 0) is 67.7 Å². The molecule has 4 nitrogen and oxygen atoms in total. The van der Waals surface area contributed by atoms with Crippen molar-refractivity contribution in [1.29, 1.82) is 5.26 Å². The van der Waals surface area contributed by atoms with Crippen LogP contribution in [0.4, 0.5) is 0 Å². The highest BCUT2D eigenvalue weighted by molar-refractivity contribution is 8.03. The number of carbonyl (C=O) groups is 1. The maximum atomic E-state index is 13.4. The maximum Gasteiger partial charge on any atom is 0.176 e. The van der Waals surface area contributed by atoms with Gasteiger partial charge < -0.3 is 0 Å². The quantitative estimate of drug-likeness (QED) is 0.196. The minimum Gasteiger partial charge on any atom is -0.293 e. The minimum absolute atomic E-state index is 0.00802. The number of nitriles is 1. The Labute approximate surface area is 240 Å². The van der Waals surface area contributed by atoms with Gasteiger partial charge >= 0.3 is 0 Å². The molecule has 5 atom stereocenters. The first kappa shape index (κ1) is 30.0. The molecule has 0 aromatic heterocycles. The van der Waals surface area contributed by atoms with Gasteiger partial charge in [0.1, 0.15) is 0 Å². The zero-order chi connectivity index (χ0) is 27.0. The Balaban J connectivity index is 1.75. The molecule has 0 spiro atoms. The fourth-order valence-corrected chi connectivity index (χ4v) is 6.73. The summed E-state index contributed by atoms with van der Waals surface area (Å²) < 4.78 is 0. The summed E-state index contributed by atoms with van der Waals surface area (Å²) in [5, 5.41) is 10.0. The zero-order valence-electron chi connectivity index (χ0n) is 21.6. The summed E-state index contributed by atoms with van der Waals surface area (Å²) in [7, 11) is 1.65. The molecule has 37 heavy (non-hydrogen) atoms. The topological polar surface area (TPSA) is 65.6 Å². The molecule has 0 saturated carbocycles. The summed E-state index contributed by atoms with van der Waals surface area (Å²) >= 11 is 20.8. The predicted octanol–water partition coefficient (Wildman–Crippen LogP) is 8.38. The van der Waals surface area contributed by atoms with Gasteiger partial charge in [0.15, 0.2) is 5.78 Å². The Morgan fingerprint density at radius 2 is 2.03 bits per heavy atom. The van der Waals surface area contributed by atoms with E-state index in [0.29, 0.717) is 36.4 Å². The number of benzene rings is 1. The Kier molecular flexibility index (Phi) is 11.3. The number of hydrogen-bond donors (Lipinski definition) is 0. The maximum absolute atomic E-state index is 13.4. The van der Waals surface area contributed by atoms with Crippen LogP contribution >= 0.6 is 46.6 Å². The molecule has 1 heterocycles. The highest BCUT2D eigenvalue weighted by Crippen LogP contribution is 2.39. The van der Waals surface area contributed by atoms with E-state index in [1.54, 1.807) is 7.05 Å². The van der Waals surface area contributed by atoms with Gasteiger partial charge in [0, 0.05) is 30.2 Å². The van der Waals surface area contributed by atoms with Crippen LogP contribution in [0.25, 0.3) is 0 Å². The van der Waals surface area contributed by atoms with Crippen molar-refractivity contribution < 1.29 is 4.79 Å². The van der Waals surface area contributed by atoms with Crippen molar-refractivity contribution in [3.05, 3.63) is 58.0 Å². The Hall–Kier alpha value is -1.58. The number of alkyl halides is 2. The van der Waals surface area contributed by atoms with E-state index in [9.17, 15) is 10.1 Å². The SMILES string of the molecule is CN=C(C(=O)CCCC(C)(C#N)CC1=CCCS1)C(C)C(N=C1C=CC(Cl)CC1Cl)c1ccc(Cl)cc1. The average molecular weight is 579 g/mol. The smallest absolute Gasteiger partial charge is 0.176 e. The van der Waals surface area contributed by atoms with Crippen LogP contribution in [0.3, 0.4) is 0 Å². The van der Waals surface area contributed by atoms with Crippen LogP contribution in [0.1, 0.15) is 64.0 Å². The molecule has 1 aliphatic heterocycles. The molecular formula is C29H34Cl3N3OS. The van der Waals surface area contributed by atoms with Crippen molar-refractivity contribution in [1.82, 2.24) is 0 Å². The normalized spacial score (nSPS) is 24.3. The molecule has 8 heteroatoms. The molecule has 2 aliphatic rings. The van der Waals surface area contributed by atoms with E-state index in [1.165, 1.54) is 4.91 Å². The lowest BCUT2D eigenvalue weighted by Crippen LogP contribution is -2.29. The van der Waals surface area contributed by atoms with Gasteiger partial charge in [0.25, 0.3) is 0 Å². The summed E-state index contributed by atoms with van der Waals surface area (Å²) in [5.41, 5.74) is 1.71. The second-order valence-electron chi connectivity index (χ2n) is 9.96. The second-order valence-corrected chi connectivity index (χ2v) is 12.7. The van der Waals surface area contributed by atoms with Crippen LogP contribution in [0.2, 0.25) is 5.02 Å². The molecule has 3 rings (SSSR count). The number of nitrogens with zero attached hydrogens (tertiary/aromatic N) is 3. The van der Waals surface area contributed by atoms with Crippen LogP contribution < -0.4 is 0 Å². The first-order valence-corrected chi connectivity index (χ1v) is 14.9. The fourth-order valence-electron chi connectivity index (χ4n) is 4.78. The van der Waals surface area contributed by atoms with Crippen molar-refractivity contribution in [2.24, 2.45) is 21.3 Å². The number of carbonyl (C=O) groups excluding carboxylic acids is 1. The minimum atomic E-state index is -0.473. The van der Waals surface area contributed by atoms with E-state index in [0.717, 1.165) is 29.9 Å². The number of ketones is 1. The molecule has 0 saturated heterocycles. The van der Waals surface area contributed by atoms with Crippen LogP contribution in [-0.4, -0.2) is 40.8 Å². The molecule has 0 bridgehead atoms. The van der Waals surface area contributed by atoms with Gasteiger partial charge in [-0.2, -0.15) is 5.26 Å². The lowest BCUT2D eigenvalue weighted by Gasteiger charge is -2.26. The van der Waals surface area contributed by atoms with Crippen LogP contribution in [0.5, 0.6) is 0 Å². The Bertz CT molecular complexity index is 1120. The molecule has 0 N–H and O–H groups in total. The number of aliphatic imine (C=N–C) groups is 2. The van der Waals surface area contributed by atoms with E-state index in [1.807, 2.05) is 62.0 Å². The summed E-state index contributed by atoms with van der Waals surface area (Å²) in [5.74, 6) is 0.806. The number of Topliss-reactive ketones (excluding diaryl/α,β-unsaturated/α-hetero) is 1. The molecule has 0 radical (unpaired) electrons. The summed E-state index contributed by atoms with van der Waals surface area (Å²) in [6, 6.07) is 9.64. The molecule has 1 aromatic carbocycles.